The lowest BCUT2D eigenvalue weighted by molar-refractivity contribution is -0.138. The first-order chi connectivity index (χ1) is 22.8. The third-order valence-electron chi connectivity index (χ3n) is 8.38. The molecule has 0 bridgehead atoms. The van der Waals surface area contributed by atoms with Crippen LogP contribution in [-0.4, -0.2) is 100 Å². The largest absolute Gasteiger partial charge is 0.432 e. The van der Waals surface area contributed by atoms with Crippen molar-refractivity contribution in [3.8, 4) is 17.0 Å². The zero-order valence-corrected chi connectivity index (χ0v) is 26.5. The molecule has 2 saturated heterocycles. The standard InChI is InChI=1S/C31H32ClF4N7O5/c1-40-22(20-4-5-23(48-31(35)36)26(34)25(20)33)15-38-27(40)28(45)39-18-2-3-19(21(32)14-18)30(47)43-12-10-42(11-13-43)29(46)17-6-8-41(9-7-17)16-24(37)44/h2-5,14-15,17,31H,6-13,16H2,1H3,(H2,37,44)(H,39,45). The summed E-state index contributed by atoms with van der Waals surface area (Å²) in [6.45, 7) is -0.564. The fraction of sp³-hybridized carbons (Fsp3) is 0.387. The number of nitrogens with one attached hydrogen (secondary N) is 1. The molecule has 2 aliphatic heterocycles. The number of carbonyl (C=O) groups excluding carboxylic acids is 4. The number of nitrogens with zero attached hydrogens (tertiary/aromatic N) is 5. The van der Waals surface area contributed by atoms with Crippen LogP contribution in [0.25, 0.3) is 11.3 Å². The lowest BCUT2D eigenvalue weighted by atomic mass is 9.95. The summed E-state index contributed by atoms with van der Waals surface area (Å²) in [7, 11) is 1.38. The van der Waals surface area contributed by atoms with Crippen LogP contribution in [-0.2, 0) is 16.6 Å². The molecule has 1 aromatic heterocycles. The molecule has 0 spiro atoms. The molecule has 5 rings (SSSR count). The van der Waals surface area contributed by atoms with E-state index in [0.29, 0.717) is 52.1 Å². The number of primary amides is 1. The molecule has 0 aliphatic carbocycles. The normalized spacial score (nSPS) is 15.9. The first kappa shape index (κ1) is 34.6. The molecule has 256 valence electrons. The highest BCUT2D eigenvalue weighted by Crippen LogP contribution is 2.31. The van der Waals surface area contributed by atoms with Gasteiger partial charge in [0, 0.05) is 50.4 Å². The zero-order chi connectivity index (χ0) is 34.7. The summed E-state index contributed by atoms with van der Waals surface area (Å²) in [6, 6.07) is 6.20. The summed E-state index contributed by atoms with van der Waals surface area (Å²) >= 11 is 6.44. The number of anilines is 1. The van der Waals surface area contributed by atoms with Crippen LogP contribution >= 0.6 is 11.6 Å². The Morgan fingerprint density at radius 2 is 1.67 bits per heavy atom. The highest BCUT2D eigenvalue weighted by Gasteiger charge is 2.32. The Morgan fingerprint density at radius 1 is 1.00 bits per heavy atom. The van der Waals surface area contributed by atoms with Crippen molar-refractivity contribution in [3.63, 3.8) is 0 Å². The number of alkyl halides is 2. The summed E-state index contributed by atoms with van der Waals surface area (Å²) < 4.78 is 59.1. The minimum Gasteiger partial charge on any atom is -0.432 e. The molecular formula is C31H32ClF4N7O5. The van der Waals surface area contributed by atoms with Gasteiger partial charge in [-0.05, 0) is 56.3 Å². The van der Waals surface area contributed by atoms with E-state index in [-0.39, 0.29) is 57.6 Å². The van der Waals surface area contributed by atoms with Crippen molar-refractivity contribution in [2.24, 2.45) is 18.7 Å². The fourth-order valence-corrected chi connectivity index (χ4v) is 6.12. The van der Waals surface area contributed by atoms with Crippen molar-refractivity contribution in [3.05, 3.63) is 64.6 Å². The number of benzene rings is 2. The van der Waals surface area contributed by atoms with Crippen LogP contribution in [0.15, 0.2) is 36.5 Å². The maximum absolute atomic E-state index is 14.7. The number of piperazine rings is 1. The number of halogens is 5. The highest BCUT2D eigenvalue weighted by molar-refractivity contribution is 6.34. The van der Waals surface area contributed by atoms with Gasteiger partial charge in [-0.3, -0.25) is 24.1 Å². The maximum atomic E-state index is 14.7. The first-order valence-corrected chi connectivity index (χ1v) is 15.4. The Kier molecular flexibility index (Phi) is 10.5. The van der Waals surface area contributed by atoms with Crippen LogP contribution in [0.2, 0.25) is 5.02 Å². The topological polar surface area (TPSA) is 143 Å². The van der Waals surface area contributed by atoms with Gasteiger partial charge in [-0.2, -0.15) is 13.2 Å². The van der Waals surface area contributed by atoms with E-state index in [2.05, 4.69) is 15.0 Å². The van der Waals surface area contributed by atoms with Crippen LogP contribution in [0.4, 0.5) is 23.2 Å². The summed E-state index contributed by atoms with van der Waals surface area (Å²) in [6.07, 6.45) is 2.40. The van der Waals surface area contributed by atoms with Crippen LogP contribution in [0, 0.1) is 17.6 Å². The molecule has 4 amide bonds. The number of amides is 4. The summed E-state index contributed by atoms with van der Waals surface area (Å²) in [5, 5.41) is 2.67. The van der Waals surface area contributed by atoms with Gasteiger partial charge in [0.15, 0.2) is 17.4 Å². The van der Waals surface area contributed by atoms with E-state index in [1.807, 2.05) is 4.90 Å². The van der Waals surface area contributed by atoms with Gasteiger partial charge >= 0.3 is 6.61 Å². The van der Waals surface area contributed by atoms with Gasteiger partial charge in [0.25, 0.3) is 11.8 Å². The average molecular weight is 694 g/mol. The Morgan fingerprint density at radius 3 is 2.29 bits per heavy atom. The van der Waals surface area contributed by atoms with E-state index in [4.69, 9.17) is 17.3 Å². The number of carbonyl (C=O) groups is 4. The molecule has 2 fully saturated rings. The Labute approximate surface area is 277 Å². The van der Waals surface area contributed by atoms with Crippen LogP contribution < -0.4 is 15.8 Å². The van der Waals surface area contributed by atoms with Gasteiger partial charge in [0.2, 0.25) is 17.6 Å². The highest BCUT2D eigenvalue weighted by atomic mass is 35.5. The summed E-state index contributed by atoms with van der Waals surface area (Å²) in [5.41, 5.74) is 5.35. The van der Waals surface area contributed by atoms with E-state index >= 15 is 0 Å². The number of rotatable bonds is 9. The third-order valence-corrected chi connectivity index (χ3v) is 8.70. The molecule has 3 heterocycles. The molecule has 0 unspecified atom stereocenters. The second kappa shape index (κ2) is 14.6. The summed E-state index contributed by atoms with van der Waals surface area (Å²) in [4.78, 5) is 59.8. The van der Waals surface area contributed by atoms with Gasteiger partial charge in [-0.15, -0.1) is 0 Å². The van der Waals surface area contributed by atoms with Crippen molar-refractivity contribution in [1.29, 1.82) is 0 Å². The predicted molar refractivity (Wildman–Crippen MR) is 165 cm³/mol. The number of aromatic nitrogens is 2. The van der Waals surface area contributed by atoms with E-state index in [1.165, 1.54) is 29.8 Å². The number of ether oxygens (including phenoxy) is 1. The minimum absolute atomic E-state index is 0.00786. The number of likely N-dealkylation sites (tertiary alicyclic amines) is 1. The monoisotopic (exact) mass is 693 g/mol. The smallest absolute Gasteiger partial charge is 0.387 e. The predicted octanol–water partition coefficient (Wildman–Crippen LogP) is 3.35. The molecule has 3 aromatic rings. The van der Waals surface area contributed by atoms with Gasteiger partial charge in [-0.25, -0.2) is 9.37 Å². The zero-order valence-electron chi connectivity index (χ0n) is 25.7. The van der Waals surface area contributed by atoms with E-state index in [9.17, 15) is 36.7 Å². The number of imidazole rings is 1. The second-order valence-electron chi connectivity index (χ2n) is 11.4. The van der Waals surface area contributed by atoms with Crippen molar-refractivity contribution in [1.82, 2.24) is 24.3 Å². The molecule has 48 heavy (non-hydrogen) atoms. The van der Waals surface area contributed by atoms with Gasteiger partial charge in [-0.1, -0.05) is 11.6 Å². The first-order valence-electron chi connectivity index (χ1n) is 15.0. The van der Waals surface area contributed by atoms with E-state index < -0.39 is 35.8 Å². The number of piperidine rings is 1. The molecule has 0 radical (unpaired) electrons. The van der Waals surface area contributed by atoms with Crippen LogP contribution in [0.1, 0.15) is 33.8 Å². The minimum atomic E-state index is -3.34. The number of nitrogens with two attached hydrogens (primary N) is 1. The lowest BCUT2D eigenvalue weighted by Gasteiger charge is -2.38. The fourth-order valence-electron chi connectivity index (χ4n) is 5.86. The Hall–Kier alpha value is -4.70. The van der Waals surface area contributed by atoms with Crippen LogP contribution in [0.5, 0.6) is 5.75 Å². The third kappa shape index (κ3) is 7.54. The van der Waals surface area contributed by atoms with E-state index in [1.54, 1.807) is 9.80 Å². The maximum Gasteiger partial charge on any atom is 0.387 e. The van der Waals surface area contributed by atoms with E-state index in [0.717, 1.165) is 18.3 Å². The summed E-state index contributed by atoms with van der Waals surface area (Å²) in [5.74, 6) is -5.78. The lowest BCUT2D eigenvalue weighted by Crippen LogP contribution is -2.53. The van der Waals surface area contributed by atoms with Crippen molar-refractivity contribution in [2.75, 3.05) is 51.1 Å². The van der Waals surface area contributed by atoms with Crippen molar-refractivity contribution >= 4 is 40.9 Å². The molecule has 12 nitrogen and oxygen atoms in total. The molecular weight excluding hydrogens is 662 g/mol. The molecule has 17 heteroatoms. The number of hydrogen-bond donors (Lipinski definition) is 2. The molecule has 2 aromatic carbocycles. The quantitative estimate of drug-likeness (QED) is 0.328. The molecule has 0 saturated carbocycles. The Bertz CT molecular complexity index is 1720. The van der Waals surface area contributed by atoms with Crippen molar-refractivity contribution in [2.45, 2.75) is 19.5 Å². The SMILES string of the molecule is Cn1c(-c2ccc(OC(F)F)c(F)c2F)cnc1C(=O)Nc1ccc(C(=O)N2CCN(C(=O)C3CCN(CC(N)=O)CC3)CC2)c(Cl)c1. The van der Waals surface area contributed by atoms with Gasteiger partial charge in [0.05, 0.1) is 29.0 Å². The molecule has 2 aliphatic rings. The van der Waals surface area contributed by atoms with Crippen molar-refractivity contribution < 1.29 is 41.5 Å². The molecule has 0 atom stereocenters. The number of hydrogen-bond acceptors (Lipinski definition) is 7. The van der Waals surface area contributed by atoms with Gasteiger partial charge < -0.3 is 30.2 Å². The van der Waals surface area contributed by atoms with Crippen LogP contribution in [0.3, 0.4) is 0 Å². The average Bonchev–Trinajstić information content (AvgIpc) is 3.43. The molecule has 3 N–H and O–H groups in total. The Balaban J connectivity index is 1.17. The second-order valence-corrected chi connectivity index (χ2v) is 11.8. The van der Waals surface area contributed by atoms with Gasteiger partial charge in [0.1, 0.15) is 0 Å².